The third-order valence-electron chi connectivity index (χ3n) is 4.83. The molecule has 140 valence electrons. The second-order valence-electron chi connectivity index (χ2n) is 6.81. The molecule has 1 aliphatic heterocycles. The van der Waals surface area contributed by atoms with Crippen molar-refractivity contribution >= 4 is 23.8 Å². The Morgan fingerprint density at radius 1 is 1.19 bits per heavy atom. The summed E-state index contributed by atoms with van der Waals surface area (Å²) in [4.78, 5) is 5.38. The second-order valence-corrected chi connectivity index (χ2v) is 7.61. The second kappa shape index (κ2) is 7.90. The molecule has 1 unspecified atom stereocenters. The molecule has 0 aliphatic carbocycles. The summed E-state index contributed by atoms with van der Waals surface area (Å²) in [6.45, 7) is 2.37. The Labute approximate surface area is 167 Å². The van der Waals surface area contributed by atoms with E-state index in [9.17, 15) is 5.11 Å². The Hall–Kier alpha value is -2.06. The van der Waals surface area contributed by atoms with E-state index < -0.39 is 0 Å². The summed E-state index contributed by atoms with van der Waals surface area (Å²) in [6.07, 6.45) is 5.13. The lowest BCUT2D eigenvalue weighted by atomic mass is 10.1. The summed E-state index contributed by atoms with van der Waals surface area (Å²) in [6, 6.07) is 11.4. The van der Waals surface area contributed by atoms with Crippen molar-refractivity contribution in [1.82, 2.24) is 19.3 Å². The molecule has 8 heteroatoms. The van der Waals surface area contributed by atoms with E-state index in [-0.39, 0.29) is 6.10 Å². The van der Waals surface area contributed by atoms with Crippen molar-refractivity contribution in [3.8, 4) is 17.1 Å². The first kappa shape index (κ1) is 18.3. The topological polar surface area (TPSA) is 60.3 Å². The van der Waals surface area contributed by atoms with Gasteiger partial charge < -0.3 is 10.0 Å². The zero-order chi connectivity index (χ0) is 18.8. The Morgan fingerprint density at radius 2 is 1.93 bits per heavy atom. The molecule has 2 N–H and O–H groups in total. The standard InChI is InChI=1S/C19H20ClN5OS/c20-15-3-5-16(6-4-15)25-18(14-7-9-21-10-8-14)22-24(19(25)27)13-23-11-1-2-17(26)12-23/h3-10,17,26H,1-2,11-13H2/p+1/t17-/m0/s1. The number of nitrogens with one attached hydrogen (secondary N) is 1. The fraction of sp³-hybridized carbons (Fsp3) is 0.316. The molecule has 1 saturated heterocycles. The number of aliphatic hydroxyl groups is 1. The lowest BCUT2D eigenvalue weighted by Gasteiger charge is -2.26. The lowest BCUT2D eigenvalue weighted by Crippen LogP contribution is -3.13. The summed E-state index contributed by atoms with van der Waals surface area (Å²) < 4.78 is 4.44. The van der Waals surface area contributed by atoms with Gasteiger partial charge in [0, 0.05) is 23.0 Å². The quantitative estimate of drug-likeness (QED) is 0.656. The van der Waals surface area contributed by atoms with E-state index in [4.69, 9.17) is 28.9 Å². The van der Waals surface area contributed by atoms with Crippen LogP contribution in [0.15, 0.2) is 48.8 Å². The molecule has 2 aromatic heterocycles. The van der Waals surface area contributed by atoms with Gasteiger partial charge in [-0.05, 0) is 61.5 Å². The third-order valence-corrected chi connectivity index (χ3v) is 5.47. The highest BCUT2D eigenvalue weighted by atomic mass is 35.5. The first-order valence-electron chi connectivity index (χ1n) is 8.99. The Balaban J connectivity index is 1.77. The highest BCUT2D eigenvalue weighted by Crippen LogP contribution is 2.23. The monoisotopic (exact) mass is 402 g/mol. The van der Waals surface area contributed by atoms with Gasteiger partial charge in [0.15, 0.2) is 12.5 Å². The molecular weight excluding hydrogens is 382 g/mol. The van der Waals surface area contributed by atoms with Crippen LogP contribution in [0.2, 0.25) is 5.02 Å². The average molecular weight is 403 g/mol. The number of pyridine rings is 1. The zero-order valence-corrected chi connectivity index (χ0v) is 16.3. The molecule has 6 nitrogen and oxygen atoms in total. The maximum Gasteiger partial charge on any atom is 0.207 e. The highest BCUT2D eigenvalue weighted by molar-refractivity contribution is 7.71. The molecule has 0 radical (unpaired) electrons. The van der Waals surface area contributed by atoms with Crippen LogP contribution in [-0.2, 0) is 6.67 Å². The van der Waals surface area contributed by atoms with Crippen LogP contribution in [0.1, 0.15) is 12.8 Å². The number of likely N-dealkylation sites (tertiary alicyclic amines) is 1. The molecule has 0 saturated carbocycles. The van der Waals surface area contributed by atoms with Crippen LogP contribution in [0.3, 0.4) is 0 Å². The van der Waals surface area contributed by atoms with Crippen molar-refractivity contribution in [2.24, 2.45) is 0 Å². The first-order chi connectivity index (χ1) is 13.1. The lowest BCUT2D eigenvalue weighted by molar-refractivity contribution is -0.931. The van der Waals surface area contributed by atoms with Crippen molar-refractivity contribution in [3.05, 3.63) is 58.6 Å². The van der Waals surface area contributed by atoms with Gasteiger partial charge in [0.2, 0.25) is 4.77 Å². The molecule has 0 spiro atoms. The van der Waals surface area contributed by atoms with Gasteiger partial charge in [-0.25, -0.2) is 0 Å². The van der Waals surface area contributed by atoms with Crippen LogP contribution in [0.5, 0.6) is 0 Å². The smallest absolute Gasteiger partial charge is 0.207 e. The van der Waals surface area contributed by atoms with Gasteiger partial charge in [0.1, 0.15) is 12.6 Å². The molecule has 2 atom stereocenters. The van der Waals surface area contributed by atoms with Crippen molar-refractivity contribution in [2.75, 3.05) is 13.1 Å². The van der Waals surface area contributed by atoms with Crippen LogP contribution in [0, 0.1) is 4.77 Å². The van der Waals surface area contributed by atoms with E-state index in [1.807, 2.05) is 45.6 Å². The van der Waals surface area contributed by atoms with E-state index in [0.717, 1.165) is 43.0 Å². The highest BCUT2D eigenvalue weighted by Gasteiger charge is 2.23. The number of quaternary nitrogens is 1. The van der Waals surface area contributed by atoms with E-state index in [1.165, 1.54) is 4.90 Å². The van der Waals surface area contributed by atoms with Crippen molar-refractivity contribution in [1.29, 1.82) is 0 Å². The minimum Gasteiger partial charge on any atom is -0.387 e. The van der Waals surface area contributed by atoms with Crippen LogP contribution in [0.4, 0.5) is 0 Å². The molecular formula is C19H21ClN5OS+. The molecule has 1 aromatic carbocycles. The number of nitrogens with zero attached hydrogens (tertiary/aromatic N) is 4. The Kier molecular flexibility index (Phi) is 5.36. The predicted octanol–water partition coefficient (Wildman–Crippen LogP) is 2.12. The summed E-state index contributed by atoms with van der Waals surface area (Å²) >= 11 is 11.8. The van der Waals surface area contributed by atoms with Gasteiger partial charge in [0.25, 0.3) is 0 Å². The largest absolute Gasteiger partial charge is 0.387 e. The third kappa shape index (κ3) is 3.96. The van der Waals surface area contributed by atoms with E-state index in [0.29, 0.717) is 16.5 Å². The van der Waals surface area contributed by atoms with Gasteiger partial charge in [0.05, 0.1) is 12.2 Å². The molecule has 3 heterocycles. The number of benzene rings is 1. The van der Waals surface area contributed by atoms with Gasteiger partial charge in [-0.1, -0.05) is 11.6 Å². The minimum atomic E-state index is -0.249. The van der Waals surface area contributed by atoms with Gasteiger partial charge in [-0.3, -0.25) is 9.55 Å². The number of piperidine rings is 1. The normalized spacial score (nSPS) is 19.9. The number of halogens is 1. The van der Waals surface area contributed by atoms with E-state index in [2.05, 4.69) is 4.98 Å². The van der Waals surface area contributed by atoms with Gasteiger partial charge in [-0.15, -0.1) is 5.10 Å². The maximum absolute atomic E-state index is 9.97. The molecule has 1 aliphatic rings. The van der Waals surface area contributed by atoms with Crippen LogP contribution < -0.4 is 4.90 Å². The predicted molar refractivity (Wildman–Crippen MR) is 107 cm³/mol. The van der Waals surface area contributed by atoms with Crippen molar-refractivity contribution < 1.29 is 10.0 Å². The number of rotatable bonds is 4. The molecule has 27 heavy (non-hydrogen) atoms. The SMILES string of the molecule is O[C@H]1CCC[NH+](Cn2nc(-c3ccncc3)n(-c3ccc(Cl)cc3)c2=S)C1. The van der Waals surface area contributed by atoms with Gasteiger partial charge in [-0.2, -0.15) is 4.68 Å². The molecule has 0 bridgehead atoms. The maximum atomic E-state index is 9.97. The Morgan fingerprint density at radius 3 is 2.63 bits per heavy atom. The zero-order valence-electron chi connectivity index (χ0n) is 14.8. The summed E-state index contributed by atoms with van der Waals surface area (Å²) in [5.41, 5.74) is 1.86. The van der Waals surface area contributed by atoms with Gasteiger partial charge >= 0.3 is 0 Å². The molecule has 3 aromatic rings. The van der Waals surface area contributed by atoms with Crippen LogP contribution >= 0.6 is 23.8 Å². The molecule has 0 amide bonds. The van der Waals surface area contributed by atoms with Crippen LogP contribution in [0.25, 0.3) is 17.1 Å². The summed E-state index contributed by atoms with van der Waals surface area (Å²) in [5, 5.41) is 15.5. The minimum absolute atomic E-state index is 0.249. The summed E-state index contributed by atoms with van der Waals surface area (Å²) in [7, 11) is 0. The Bertz CT molecular complexity index is 970. The van der Waals surface area contributed by atoms with Crippen molar-refractivity contribution in [2.45, 2.75) is 25.6 Å². The average Bonchev–Trinajstić information content (AvgIpc) is 3.00. The van der Waals surface area contributed by atoms with E-state index in [1.54, 1.807) is 12.4 Å². The number of hydrogen-bond donors (Lipinski definition) is 2. The fourth-order valence-corrected chi connectivity index (χ4v) is 3.93. The van der Waals surface area contributed by atoms with E-state index >= 15 is 0 Å². The number of hydrogen-bond acceptors (Lipinski definition) is 4. The summed E-state index contributed by atoms with van der Waals surface area (Å²) in [5.74, 6) is 0.765. The fourth-order valence-electron chi connectivity index (χ4n) is 3.50. The number of aromatic nitrogens is 4. The number of aliphatic hydroxyl groups excluding tert-OH is 1. The molecule has 1 fully saturated rings. The van der Waals surface area contributed by atoms with Crippen molar-refractivity contribution in [3.63, 3.8) is 0 Å². The first-order valence-corrected chi connectivity index (χ1v) is 9.78. The molecule has 4 rings (SSSR count). The van der Waals surface area contributed by atoms with Crippen LogP contribution in [-0.4, -0.2) is 43.6 Å².